The van der Waals surface area contributed by atoms with Crippen LogP contribution in [0.4, 0.5) is 0 Å². The van der Waals surface area contributed by atoms with E-state index in [9.17, 15) is 0 Å². The largest absolute Gasteiger partial charge is 0.346 e. The molecule has 0 fully saturated rings. The first-order chi connectivity index (χ1) is 11.7. The SMILES string of the molecule is Clc1cncc(CN2CC=C(c3c[nH]c4ncccc34)CC2)c1Cl. The Labute approximate surface area is 150 Å². The lowest BCUT2D eigenvalue weighted by molar-refractivity contribution is 0.293. The van der Waals surface area contributed by atoms with E-state index >= 15 is 0 Å². The van der Waals surface area contributed by atoms with Gasteiger partial charge in [0, 0.05) is 60.9 Å². The third-order valence-electron chi connectivity index (χ3n) is 4.39. The topological polar surface area (TPSA) is 44.8 Å². The minimum Gasteiger partial charge on any atom is -0.346 e. The molecule has 0 amide bonds. The number of halogens is 2. The number of hydrogen-bond donors (Lipinski definition) is 1. The highest BCUT2D eigenvalue weighted by molar-refractivity contribution is 6.42. The van der Waals surface area contributed by atoms with E-state index in [1.807, 2.05) is 12.3 Å². The van der Waals surface area contributed by atoms with Gasteiger partial charge in [0.05, 0.1) is 10.0 Å². The Morgan fingerprint density at radius 3 is 3.00 bits per heavy atom. The van der Waals surface area contributed by atoms with E-state index in [1.165, 1.54) is 16.5 Å². The molecule has 6 heteroatoms. The van der Waals surface area contributed by atoms with E-state index in [2.05, 4.69) is 38.2 Å². The quantitative estimate of drug-likeness (QED) is 0.746. The highest BCUT2D eigenvalue weighted by Crippen LogP contribution is 2.30. The first-order valence-corrected chi connectivity index (χ1v) is 8.59. The molecule has 0 atom stereocenters. The van der Waals surface area contributed by atoms with Crippen molar-refractivity contribution >= 4 is 39.8 Å². The first-order valence-electron chi connectivity index (χ1n) is 7.84. The number of hydrogen-bond acceptors (Lipinski definition) is 3. The molecular weight excluding hydrogens is 343 g/mol. The molecule has 24 heavy (non-hydrogen) atoms. The fourth-order valence-electron chi connectivity index (χ4n) is 3.13. The zero-order valence-corrected chi connectivity index (χ0v) is 14.5. The number of aromatic amines is 1. The molecule has 1 aliphatic heterocycles. The molecule has 122 valence electrons. The molecule has 1 N–H and O–H groups in total. The summed E-state index contributed by atoms with van der Waals surface area (Å²) in [5.41, 5.74) is 4.52. The van der Waals surface area contributed by atoms with Crippen molar-refractivity contribution < 1.29 is 0 Å². The van der Waals surface area contributed by atoms with Gasteiger partial charge in [-0.05, 0) is 24.1 Å². The lowest BCUT2D eigenvalue weighted by Gasteiger charge is -2.26. The predicted molar refractivity (Wildman–Crippen MR) is 98.2 cm³/mol. The second kappa shape index (κ2) is 6.55. The molecule has 0 saturated carbocycles. The van der Waals surface area contributed by atoms with Crippen LogP contribution in [0.15, 0.2) is 43.0 Å². The van der Waals surface area contributed by atoms with Gasteiger partial charge < -0.3 is 4.98 Å². The lowest BCUT2D eigenvalue weighted by Crippen LogP contribution is -2.28. The summed E-state index contributed by atoms with van der Waals surface area (Å²) in [6.07, 6.45) is 10.5. The van der Waals surface area contributed by atoms with E-state index < -0.39 is 0 Å². The summed E-state index contributed by atoms with van der Waals surface area (Å²) in [4.78, 5) is 14.1. The zero-order chi connectivity index (χ0) is 16.5. The fourth-order valence-corrected chi connectivity index (χ4v) is 3.47. The number of fused-ring (bicyclic) bond motifs is 1. The van der Waals surface area contributed by atoms with Crippen LogP contribution in [0.2, 0.25) is 10.0 Å². The van der Waals surface area contributed by atoms with Gasteiger partial charge in [-0.15, -0.1) is 0 Å². The zero-order valence-electron chi connectivity index (χ0n) is 13.0. The molecular formula is C18H16Cl2N4. The maximum Gasteiger partial charge on any atom is 0.137 e. The molecule has 4 heterocycles. The number of pyridine rings is 2. The van der Waals surface area contributed by atoms with Crippen molar-refractivity contribution in [2.24, 2.45) is 0 Å². The van der Waals surface area contributed by atoms with Gasteiger partial charge in [0.1, 0.15) is 5.65 Å². The molecule has 0 aromatic carbocycles. The van der Waals surface area contributed by atoms with Gasteiger partial charge in [-0.25, -0.2) is 4.98 Å². The van der Waals surface area contributed by atoms with Crippen molar-refractivity contribution in [1.29, 1.82) is 0 Å². The standard InChI is InChI=1S/C18H16Cl2N4/c19-16-10-21-8-13(17(16)20)11-24-6-3-12(4-7-24)15-9-23-18-14(15)2-1-5-22-18/h1-3,5,8-10H,4,6-7,11H2,(H,22,23). The van der Waals surface area contributed by atoms with E-state index in [-0.39, 0.29) is 0 Å². The molecule has 4 nitrogen and oxygen atoms in total. The monoisotopic (exact) mass is 358 g/mol. The summed E-state index contributed by atoms with van der Waals surface area (Å²) in [6.45, 7) is 2.61. The van der Waals surface area contributed by atoms with Crippen LogP contribution >= 0.6 is 23.2 Å². The van der Waals surface area contributed by atoms with Crippen LogP contribution in [0, 0.1) is 0 Å². The summed E-state index contributed by atoms with van der Waals surface area (Å²) in [5, 5.41) is 2.29. The Bertz CT molecular complexity index is 916. The summed E-state index contributed by atoms with van der Waals surface area (Å²) in [6, 6.07) is 4.09. The molecule has 3 aromatic rings. The van der Waals surface area contributed by atoms with Gasteiger partial charge in [0.25, 0.3) is 0 Å². The maximum atomic E-state index is 6.26. The van der Waals surface area contributed by atoms with Crippen LogP contribution < -0.4 is 0 Å². The van der Waals surface area contributed by atoms with Crippen LogP contribution in [0.3, 0.4) is 0 Å². The van der Waals surface area contributed by atoms with E-state index in [4.69, 9.17) is 23.2 Å². The Morgan fingerprint density at radius 1 is 1.25 bits per heavy atom. The average Bonchev–Trinajstić information content (AvgIpc) is 3.04. The Balaban J connectivity index is 1.52. The Kier molecular flexibility index (Phi) is 4.27. The van der Waals surface area contributed by atoms with Crippen molar-refractivity contribution in [3.05, 3.63) is 64.2 Å². The molecule has 0 unspecified atom stereocenters. The average molecular weight is 359 g/mol. The summed E-state index contributed by atoms with van der Waals surface area (Å²) >= 11 is 12.3. The van der Waals surface area contributed by atoms with Crippen LogP contribution in [-0.2, 0) is 6.54 Å². The van der Waals surface area contributed by atoms with Crippen molar-refractivity contribution in [2.45, 2.75) is 13.0 Å². The van der Waals surface area contributed by atoms with Crippen molar-refractivity contribution in [2.75, 3.05) is 13.1 Å². The number of rotatable bonds is 3. The van der Waals surface area contributed by atoms with Gasteiger partial charge >= 0.3 is 0 Å². The molecule has 1 aliphatic rings. The van der Waals surface area contributed by atoms with Crippen LogP contribution in [0.5, 0.6) is 0 Å². The van der Waals surface area contributed by atoms with Crippen LogP contribution in [0.25, 0.3) is 16.6 Å². The van der Waals surface area contributed by atoms with Crippen molar-refractivity contribution in [1.82, 2.24) is 19.9 Å². The second-order valence-electron chi connectivity index (χ2n) is 5.91. The van der Waals surface area contributed by atoms with Gasteiger partial charge in [0.15, 0.2) is 0 Å². The normalized spacial score (nSPS) is 15.7. The highest BCUT2D eigenvalue weighted by atomic mass is 35.5. The number of nitrogens with zero attached hydrogens (tertiary/aromatic N) is 3. The predicted octanol–water partition coefficient (Wildman–Crippen LogP) is 4.55. The number of nitrogens with one attached hydrogen (secondary N) is 1. The second-order valence-corrected chi connectivity index (χ2v) is 6.70. The maximum absolute atomic E-state index is 6.26. The summed E-state index contributed by atoms with van der Waals surface area (Å²) in [7, 11) is 0. The van der Waals surface area contributed by atoms with Gasteiger partial charge in [0.2, 0.25) is 0 Å². The molecule has 3 aromatic heterocycles. The number of H-pyrrole nitrogens is 1. The third-order valence-corrected chi connectivity index (χ3v) is 5.22. The molecule has 0 radical (unpaired) electrons. The van der Waals surface area contributed by atoms with Crippen molar-refractivity contribution in [3.8, 4) is 0 Å². The fraction of sp³-hybridized carbons (Fsp3) is 0.222. The van der Waals surface area contributed by atoms with Gasteiger partial charge in [-0.3, -0.25) is 9.88 Å². The van der Waals surface area contributed by atoms with Gasteiger partial charge in [-0.2, -0.15) is 0 Å². The minimum atomic E-state index is 0.508. The summed E-state index contributed by atoms with van der Waals surface area (Å²) in [5.74, 6) is 0. The molecule has 0 saturated heterocycles. The Morgan fingerprint density at radius 2 is 2.17 bits per heavy atom. The third kappa shape index (κ3) is 2.93. The minimum absolute atomic E-state index is 0.508. The smallest absolute Gasteiger partial charge is 0.137 e. The Hall–Kier alpha value is -1.88. The molecule has 0 bridgehead atoms. The highest BCUT2D eigenvalue weighted by Gasteiger charge is 2.17. The lowest BCUT2D eigenvalue weighted by atomic mass is 9.99. The summed E-state index contributed by atoms with van der Waals surface area (Å²) < 4.78 is 0. The van der Waals surface area contributed by atoms with E-state index in [1.54, 1.807) is 12.4 Å². The molecule has 4 rings (SSSR count). The number of aromatic nitrogens is 3. The van der Waals surface area contributed by atoms with Crippen molar-refractivity contribution in [3.63, 3.8) is 0 Å². The molecule has 0 aliphatic carbocycles. The molecule has 0 spiro atoms. The van der Waals surface area contributed by atoms with Gasteiger partial charge in [-0.1, -0.05) is 29.3 Å². The van der Waals surface area contributed by atoms with Crippen LogP contribution in [0.1, 0.15) is 17.5 Å². The first kappa shape index (κ1) is 15.6. The van der Waals surface area contributed by atoms with E-state index in [0.29, 0.717) is 10.0 Å². The van der Waals surface area contributed by atoms with Crippen LogP contribution in [-0.4, -0.2) is 32.9 Å². The van der Waals surface area contributed by atoms with E-state index in [0.717, 1.165) is 37.3 Å².